The minimum absolute atomic E-state index is 0.0698. The second kappa shape index (κ2) is 64.2. The van der Waals surface area contributed by atoms with Gasteiger partial charge in [0, 0.05) is 19.3 Å². The Bertz CT molecular complexity index is 1250. The van der Waals surface area contributed by atoms with Gasteiger partial charge in [-0.3, -0.25) is 14.4 Å². The summed E-state index contributed by atoms with van der Waals surface area (Å²) in [4.78, 5) is 38.1. The fraction of sp³-hybridized carbons (Fsp3) is 0.870. The average molecular weight is 1050 g/mol. The largest absolute Gasteiger partial charge is 0.462 e. The summed E-state index contributed by atoms with van der Waals surface area (Å²) in [5, 5.41) is 0. The predicted octanol–water partition coefficient (Wildman–Crippen LogP) is 22.8. The zero-order valence-corrected chi connectivity index (χ0v) is 50.6. The molecular weight excluding hydrogens is 925 g/mol. The molecule has 6 nitrogen and oxygen atoms in total. The number of carbonyl (C=O) groups excluding carboxylic acids is 3. The lowest BCUT2D eigenvalue weighted by Crippen LogP contribution is -2.30. The van der Waals surface area contributed by atoms with Gasteiger partial charge >= 0.3 is 17.9 Å². The molecule has 0 radical (unpaired) electrons. The summed E-state index contributed by atoms with van der Waals surface area (Å²) in [7, 11) is 0. The second-order valence-electron chi connectivity index (χ2n) is 22.7. The van der Waals surface area contributed by atoms with Gasteiger partial charge in [0.2, 0.25) is 0 Å². The molecule has 0 amide bonds. The van der Waals surface area contributed by atoms with Crippen LogP contribution in [-0.4, -0.2) is 37.2 Å². The fourth-order valence-electron chi connectivity index (χ4n) is 10.0. The third-order valence-electron chi connectivity index (χ3n) is 15.1. The van der Waals surface area contributed by atoms with Crippen molar-refractivity contribution in [2.24, 2.45) is 0 Å². The molecule has 0 aliphatic carbocycles. The van der Waals surface area contributed by atoms with Crippen molar-refractivity contribution >= 4 is 17.9 Å². The molecule has 0 aromatic rings. The molecule has 0 saturated carbocycles. The van der Waals surface area contributed by atoms with Crippen LogP contribution >= 0.6 is 0 Å². The Morgan fingerprint density at radius 2 is 0.493 bits per heavy atom. The van der Waals surface area contributed by atoms with Gasteiger partial charge in [-0.05, 0) is 70.6 Å². The maximum atomic E-state index is 12.8. The molecule has 0 rings (SSSR count). The summed E-state index contributed by atoms with van der Waals surface area (Å²) in [6.45, 7) is 6.62. The quantitative estimate of drug-likeness (QED) is 0.0261. The van der Waals surface area contributed by atoms with E-state index in [2.05, 4.69) is 57.2 Å². The van der Waals surface area contributed by atoms with Crippen LogP contribution in [0.25, 0.3) is 0 Å². The van der Waals surface area contributed by atoms with E-state index in [1.54, 1.807) is 0 Å². The Hall–Kier alpha value is -2.37. The molecule has 1 atom stereocenters. The summed E-state index contributed by atoms with van der Waals surface area (Å²) >= 11 is 0. The Labute approximate surface area is 467 Å². The smallest absolute Gasteiger partial charge is 0.306 e. The highest BCUT2D eigenvalue weighted by molar-refractivity contribution is 5.71. The van der Waals surface area contributed by atoms with E-state index in [0.717, 1.165) is 70.6 Å². The topological polar surface area (TPSA) is 78.9 Å². The van der Waals surface area contributed by atoms with Crippen LogP contribution in [0.3, 0.4) is 0 Å². The maximum Gasteiger partial charge on any atom is 0.306 e. The van der Waals surface area contributed by atoms with Gasteiger partial charge in [0.25, 0.3) is 0 Å². The molecule has 0 saturated heterocycles. The molecule has 1 unspecified atom stereocenters. The highest BCUT2D eigenvalue weighted by Crippen LogP contribution is 2.18. The highest BCUT2D eigenvalue weighted by atomic mass is 16.6. The third kappa shape index (κ3) is 62.4. The van der Waals surface area contributed by atoms with E-state index < -0.39 is 6.10 Å². The highest BCUT2D eigenvalue weighted by Gasteiger charge is 2.19. The lowest BCUT2D eigenvalue weighted by Gasteiger charge is -2.18. The lowest BCUT2D eigenvalue weighted by atomic mass is 10.0. The molecule has 0 aliphatic heterocycles. The van der Waals surface area contributed by atoms with Crippen molar-refractivity contribution < 1.29 is 28.6 Å². The Morgan fingerprint density at radius 3 is 0.787 bits per heavy atom. The molecule has 0 heterocycles. The van der Waals surface area contributed by atoms with Crippen LogP contribution < -0.4 is 0 Å². The normalized spacial score (nSPS) is 12.2. The number of unbranched alkanes of at least 4 members (excludes halogenated alkanes) is 45. The van der Waals surface area contributed by atoms with Gasteiger partial charge in [0.1, 0.15) is 13.2 Å². The van der Waals surface area contributed by atoms with Crippen molar-refractivity contribution in [2.75, 3.05) is 13.2 Å². The van der Waals surface area contributed by atoms with Crippen LogP contribution in [0.4, 0.5) is 0 Å². The molecule has 0 spiro atoms. The summed E-state index contributed by atoms with van der Waals surface area (Å²) in [5.74, 6) is -0.860. The van der Waals surface area contributed by atoms with E-state index in [0.29, 0.717) is 19.3 Å². The summed E-state index contributed by atoms with van der Waals surface area (Å²) in [6, 6.07) is 0. The summed E-state index contributed by atoms with van der Waals surface area (Å²) < 4.78 is 16.9. The van der Waals surface area contributed by atoms with Crippen molar-refractivity contribution in [1.82, 2.24) is 0 Å². The first kappa shape index (κ1) is 72.6. The van der Waals surface area contributed by atoms with Crippen molar-refractivity contribution in [3.63, 3.8) is 0 Å². The van der Waals surface area contributed by atoms with Crippen molar-refractivity contribution in [3.05, 3.63) is 36.5 Å². The zero-order chi connectivity index (χ0) is 54.3. The van der Waals surface area contributed by atoms with Gasteiger partial charge in [-0.25, -0.2) is 0 Å². The molecule has 440 valence electrons. The molecule has 0 bridgehead atoms. The van der Waals surface area contributed by atoms with E-state index in [4.69, 9.17) is 14.2 Å². The van der Waals surface area contributed by atoms with E-state index in [1.807, 2.05) is 0 Å². The molecule has 0 aromatic carbocycles. The summed E-state index contributed by atoms with van der Waals surface area (Å²) in [5.41, 5.74) is 0. The van der Waals surface area contributed by atoms with Crippen LogP contribution in [0.2, 0.25) is 0 Å². The number of ether oxygens (including phenoxy) is 3. The zero-order valence-electron chi connectivity index (χ0n) is 50.6. The molecule has 75 heavy (non-hydrogen) atoms. The Balaban J connectivity index is 3.94. The monoisotopic (exact) mass is 1050 g/mol. The maximum absolute atomic E-state index is 12.8. The summed E-state index contributed by atoms with van der Waals surface area (Å²) in [6.07, 6.45) is 79.1. The van der Waals surface area contributed by atoms with Gasteiger partial charge < -0.3 is 14.2 Å². The number of hydrogen-bond donors (Lipinski definition) is 0. The number of allylic oxidation sites excluding steroid dienone is 6. The van der Waals surface area contributed by atoms with Gasteiger partial charge in [-0.1, -0.05) is 314 Å². The van der Waals surface area contributed by atoms with Crippen molar-refractivity contribution in [2.45, 2.75) is 374 Å². The van der Waals surface area contributed by atoms with E-state index in [1.165, 1.54) is 257 Å². The number of carbonyl (C=O) groups is 3. The van der Waals surface area contributed by atoms with E-state index in [-0.39, 0.29) is 31.1 Å². The molecule has 0 N–H and O–H groups in total. The number of rotatable bonds is 62. The lowest BCUT2D eigenvalue weighted by molar-refractivity contribution is -0.167. The van der Waals surface area contributed by atoms with Crippen molar-refractivity contribution in [3.8, 4) is 0 Å². The SMILES string of the molecule is CCCC/C=C\CCCCCCCC(=O)OC(COC(=O)CCCCCCCCCCCCC)COC(=O)CCCCCCCCCCCCCCCCCCCCCCCCC/C=C\C/C=C\CCCCCCC. The van der Waals surface area contributed by atoms with E-state index in [9.17, 15) is 14.4 Å². The average Bonchev–Trinajstić information content (AvgIpc) is 3.41. The van der Waals surface area contributed by atoms with Crippen LogP contribution in [0.15, 0.2) is 36.5 Å². The van der Waals surface area contributed by atoms with Crippen molar-refractivity contribution in [1.29, 1.82) is 0 Å². The Morgan fingerprint density at radius 1 is 0.267 bits per heavy atom. The molecule has 6 heteroatoms. The molecule has 0 fully saturated rings. The first-order valence-electron chi connectivity index (χ1n) is 33.5. The van der Waals surface area contributed by atoms with Gasteiger partial charge in [-0.15, -0.1) is 0 Å². The first-order valence-corrected chi connectivity index (χ1v) is 33.5. The van der Waals surface area contributed by atoms with Gasteiger partial charge in [0.15, 0.2) is 6.10 Å². The van der Waals surface area contributed by atoms with Gasteiger partial charge in [0.05, 0.1) is 0 Å². The predicted molar refractivity (Wildman–Crippen MR) is 326 cm³/mol. The van der Waals surface area contributed by atoms with Crippen LogP contribution in [-0.2, 0) is 28.6 Å². The van der Waals surface area contributed by atoms with Crippen LogP contribution in [0.5, 0.6) is 0 Å². The van der Waals surface area contributed by atoms with E-state index >= 15 is 0 Å². The second-order valence-corrected chi connectivity index (χ2v) is 22.7. The van der Waals surface area contributed by atoms with Crippen LogP contribution in [0.1, 0.15) is 367 Å². The van der Waals surface area contributed by atoms with Gasteiger partial charge in [-0.2, -0.15) is 0 Å². The molecule has 0 aliphatic rings. The minimum atomic E-state index is -0.770. The molecular formula is C69H128O6. The minimum Gasteiger partial charge on any atom is -0.462 e. The number of hydrogen-bond acceptors (Lipinski definition) is 6. The standard InChI is InChI=1S/C69H128O6/c1-4-7-10-13-16-19-22-23-24-25-26-27-28-29-30-31-32-33-34-35-36-37-38-39-40-41-42-43-44-45-48-50-53-56-59-62-68(71)74-65-66(75-69(72)63-60-57-54-51-47-21-18-15-12-9-6-3)64-73-67(70)61-58-55-52-49-46-20-17-14-11-8-5-2/h15,18,22-23,25-26,66H,4-14,16-17,19-21,24,27-65H2,1-3H3/b18-15-,23-22-,26-25-. The fourth-order valence-corrected chi connectivity index (χ4v) is 10.0. The number of esters is 3. The van der Waals surface area contributed by atoms with Crippen LogP contribution in [0, 0.1) is 0 Å². The third-order valence-corrected chi connectivity index (χ3v) is 15.1. The molecule has 0 aromatic heterocycles. The Kier molecular flexibility index (Phi) is 62.1. The first-order chi connectivity index (χ1) is 37.0.